The van der Waals surface area contributed by atoms with Crippen LogP contribution in [0, 0.1) is 0 Å². The second-order valence-electron chi connectivity index (χ2n) is 5.45. The van der Waals surface area contributed by atoms with Gasteiger partial charge in [0.05, 0.1) is 18.8 Å². The van der Waals surface area contributed by atoms with Gasteiger partial charge in [-0.05, 0) is 12.8 Å². The van der Waals surface area contributed by atoms with Gasteiger partial charge >= 0.3 is 0 Å². The topological polar surface area (TPSA) is 54.7 Å². The molecule has 0 aromatic carbocycles. The van der Waals surface area contributed by atoms with Gasteiger partial charge < -0.3 is 15.0 Å². The van der Waals surface area contributed by atoms with E-state index in [1.807, 2.05) is 18.8 Å². The Kier molecular flexibility index (Phi) is 7.22. The normalized spacial score (nSPS) is 12.0. The predicted octanol–water partition coefficient (Wildman–Crippen LogP) is 1.59. The molecule has 0 bridgehead atoms. The van der Waals surface area contributed by atoms with Crippen molar-refractivity contribution in [1.82, 2.24) is 20.0 Å². The zero-order valence-corrected chi connectivity index (χ0v) is 14.2. The van der Waals surface area contributed by atoms with Crippen LogP contribution in [0.25, 0.3) is 0 Å². The van der Waals surface area contributed by atoms with Gasteiger partial charge in [-0.2, -0.15) is 5.10 Å². The first-order valence-corrected chi connectivity index (χ1v) is 7.50. The Morgan fingerprint density at radius 3 is 2.81 bits per heavy atom. The fourth-order valence-electron chi connectivity index (χ4n) is 2.21. The summed E-state index contributed by atoms with van der Waals surface area (Å²) < 4.78 is 6.94. The van der Waals surface area contributed by atoms with Crippen molar-refractivity contribution in [2.75, 3.05) is 33.9 Å². The van der Waals surface area contributed by atoms with Crippen LogP contribution in [-0.4, -0.2) is 54.5 Å². The van der Waals surface area contributed by atoms with E-state index >= 15 is 0 Å². The lowest BCUT2D eigenvalue weighted by Crippen LogP contribution is -2.38. The van der Waals surface area contributed by atoms with Gasteiger partial charge in [-0.25, -0.2) is 0 Å². The van der Waals surface area contributed by atoms with Crippen LogP contribution in [0.2, 0.25) is 0 Å². The first kappa shape index (κ1) is 17.5. The number of aliphatic imine (C=N–C) groups is 1. The number of hydrogen-bond donors (Lipinski definition) is 1. The van der Waals surface area contributed by atoms with Crippen molar-refractivity contribution in [3.05, 3.63) is 17.5 Å². The Bertz CT molecular complexity index is 453. The van der Waals surface area contributed by atoms with Gasteiger partial charge in [0.1, 0.15) is 0 Å². The third kappa shape index (κ3) is 5.38. The van der Waals surface area contributed by atoms with Crippen molar-refractivity contribution in [1.29, 1.82) is 0 Å². The molecule has 1 aromatic heterocycles. The Morgan fingerprint density at radius 2 is 2.24 bits per heavy atom. The van der Waals surface area contributed by atoms with Gasteiger partial charge in [0.2, 0.25) is 0 Å². The van der Waals surface area contributed by atoms with E-state index < -0.39 is 0 Å². The van der Waals surface area contributed by atoms with Crippen LogP contribution in [0.1, 0.15) is 37.9 Å². The predicted molar refractivity (Wildman–Crippen MR) is 86.6 cm³/mol. The summed E-state index contributed by atoms with van der Waals surface area (Å²) in [4.78, 5) is 6.69. The molecule has 1 N–H and O–H groups in total. The van der Waals surface area contributed by atoms with Crippen LogP contribution in [0.3, 0.4) is 0 Å². The van der Waals surface area contributed by atoms with Gasteiger partial charge in [-0.3, -0.25) is 9.67 Å². The fourth-order valence-corrected chi connectivity index (χ4v) is 2.21. The monoisotopic (exact) mass is 295 g/mol. The highest BCUT2D eigenvalue weighted by atomic mass is 16.5. The number of aryl methyl sites for hydroxylation is 1. The SMILES string of the molecule is CCNC(=NCCOC)N(C)Cc1cn(C)nc1C(C)C. The first-order valence-electron chi connectivity index (χ1n) is 7.50. The maximum atomic E-state index is 5.06. The number of nitrogens with one attached hydrogen (secondary N) is 1. The van der Waals surface area contributed by atoms with Gasteiger partial charge in [-0.1, -0.05) is 13.8 Å². The van der Waals surface area contributed by atoms with E-state index in [-0.39, 0.29) is 0 Å². The zero-order valence-electron chi connectivity index (χ0n) is 14.2. The van der Waals surface area contributed by atoms with Gasteiger partial charge in [-0.15, -0.1) is 0 Å². The standard InChI is InChI=1S/C15H29N5O/c1-7-16-15(17-8-9-21-6)19(4)10-13-11-20(5)18-14(13)12(2)3/h11-12H,7-10H2,1-6H3,(H,16,17). The summed E-state index contributed by atoms with van der Waals surface area (Å²) in [7, 11) is 5.70. The smallest absolute Gasteiger partial charge is 0.194 e. The molecular formula is C15H29N5O. The van der Waals surface area contributed by atoms with E-state index in [0.717, 1.165) is 24.7 Å². The third-order valence-corrected chi connectivity index (χ3v) is 3.14. The molecule has 0 spiro atoms. The summed E-state index contributed by atoms with van der Waals surface area (Å²) in [6, 6.07) is 0. The maximum Gasteiger partial charge on any atom is 0.194 e. The van der Waals surface area contributed by atoms with Crippen LogP contribution in [0.5, 0.6) is 0 Å². The minimum Gasteiger partial charge on any atom is -0.383 e. The average molecular weight is 295 g/mol. The Labute approximate surface area is 128 Å². The summed E-state index contributed by atoms with van der Waals surface area (Å²) in [6.07, 6.45) is 2.09. The Morgan fingerprint density at radius 1 is 1.52 bits per heavy atom. The lowest BCUT2D eigenvalue weighted by Gasteiger charge is -2.22. The van der Waals surface area contributed by atoms with Crippen molar-refractivity contribution in [2.24, 2.45) is 12.0 Å². The fraction of sp³-hybridized carbons (Fsp3) is 0.733. The van der Waals surface area contributed by atoms with Crippen molar-refractivity contribution in [3.8, 4) is 0 Å². The van der Waals surface area contributed by atoms with Crippen molar-refractivity contribution in [2.45, 2.75) is 33.2 Å². The minimum absolute atomic E-state index is 0.419. The molecule has 0 saturated heterocycles. The zero-order chi connectivity index (χ0) is 15.8. The number of nitrogens with zero attached hydrogens (tertiary/aromatic N) is 4. The number of rotatable bonds is 7. The number of guanidine groups is 1. The van der Waals surface area contributed by atoms with E-state index in [2.05, 4.69) is 47.3 Å². The van der Waals surface area contributed by atoms with Crippen LogP contribution in [0.4, 0.5) is 0 Å². The lowest BCUT2D eigenvalue weighted by atomic mass is 10.1. The molecule has 6 heteroatoms. The maximum absolute atomic E-state index is 5.06. The highest BCUT2D eigenvalue weighted by Gasteiger charge is 2.14. The minimum atomic E-state index is 0.419. The molecule has 0 fully saturated rings. The molecule has 0 aliphatic rings. The van der Waals surface area contributed by atoms with Gasteiger partial charge in [0, 0.05) is 46.1 Å². The van der Waals surface area contributed by atoms with Crippen LogP contribution in [-0.2, 0) is 18.3 Å². The quantitative estimate of drug-likeness (QED) is 0.471. The second kappa shape index (κ2) is 8.67. The highest BCUT2D eigenvalue weighted by Crippen LogP contribution is 2.18. The molecule has 0 saturated carbocycles. The van der Waals surface area contributed by atoms with Crippen LogP contribution in [0.15, 0.2) is 11.2 Å². The number of ether oxygens (including phenoxy) is 1. The van der Waals surface area contributed by atoms with Gasteiger partial charge in [0.25, 0.3) is 0 Å². The number of hydrogen-bond acceptors (Lipinski definition) is 3. The molecule has 120 valence electrons. The van der Waals surface area contributed by atoms with E-state index in [0.29, 0.717) is 19.1 Å². The molecular weight excluding hydrogens is 266 g/mol. The van der Waals surface area contributed by atoms with Crippen molar-refractivity contribution < 1.29 is 4.74 Å². The van der Waals surface area contributed by atoms with Crippen molar-refractivity contribution in [3.63, 3.8) is 0 Å². The molecule has 0 atom stereocenters. The summed E-state index contributed by atoms with van der Waals surface area (Å²) in [5, 5.41) is 7.86. The lowest BCUT2D eigenvalue weighted by molar-refractivity contribution is 0.207. The Balaban J connectivity index is 2.81. The largest absolute Gasteiger partial charge is 0.383 e. The van der Waals surface area contributed by atoms with Crippen LogP contribution < -0.4 is 5.32 Å². The molecule has 0 amide bonds. The molecule has 0 aliphatic carbocycles. The first-order chi connectivity index (χ1) is 9.99. The number of aromatic nitrogens is 2. The summed E-state index contributed by atoms with van der Waals surface area (Å²) in [5.41, 5.74) is 2.39. The highest BCUT2D eigenvalue weighted by molar-refractivity contribution is 5.79. The third-order valence-electron chi connectivity index (χ3n) is 3.14. The molecule has 0 aliphatic heterocycles. The Hall–Kier alpha value is -1.56. The van der Waals surface area contributed by atoms with E-state index in [4.69, 9.17) is 4.74 Å². The molecule has 21 heavy (non-hydrogen) atoms. The molecule has 1 rings (SSSR count). The summed E-state index contributed by atoms with van der Waals surface area (Å²) in [5.74, 6) is 1.32. The van der Waals surface area contributed by atoms with E-state index in [1.54, 1.807) is 7.11 Å². The van der Waals surface area contributed by atoms with E-state index in [1.165, 1.54) is 5.56 Å². The van der Waals surface area contributed by atoms with Crippen molar-refractivity contribution >= 4 is 5.96 Å². The second-order valence-corrected chi connectivity index (χ2v) is 5.45. The number of methoxy groups -OCH3 is 1. The summed E-state index contributed by atoms with van der Waals surface area (Å²) in [6.45, 7) is 9.34. The molecule has 0 unspecified atom stereocenters. The molecule has 1 heterocycles. The average Bonchev–Trinajstić information content (AvgIpc) is 2.79. The molecule has 1 aromatic rings. The summed E-state index contributed by atoms with van der Waals surface area (Å²) >= 11 is 0. The molecule has 0 radical (unpaired) electrons. The van der Waals surface area contributed by atoms with Gasteiger partial charge in [0.15, 0.2) is 5.96 Å². The molecule has 6 nitrogen and oxygen atoms in total. The van der Waals surface area contributed by atoms with Crippen LogP contribution >= 0.6 is 0 Å². The van der Waals surface area contributed by atoms with E-state index in [9.17, 15) is 0 Å².